The Balaban J connectivity index is 0.000000583. The number of aryl methyl sites for hydroxylation is 1. The average Bonchev–Trinajstić information content (AvgIpc) is 3.52. The smallest absolute Gasteiger partial charge is 0.0453 e. The third-order valence-corrected chi connectivity index (χ3v) is 12.4. The van der Waals surface area contributed by atoms with Gasteiger partial charge in [-0.2, -0.15) is 0 Å². The molecule has 3 aliphatic rings. The van der Waals surface area contributed by atoms with E-state index in [1.807, 2.05) is 24.3 Å². The Hall–Kier alpha value is -6.90. The van der Waals surface area contributed by atoms with Crippen LogP contribution in [0.15, 0.2) is 224 Å². The minimum Gasteiger partial charge on any atom is -0.398 e. The maximum atomic E-state index is 6.70. The van der Waals surface area contributed by atoms with E-state index < -0.39 is 0 Å². The maximum absolute atomic E-state index is 6.70. The summed E-state index contributed by atoms with van der Waals surface area (Å²) in [5, 5.41) is 5.37. The van der Waals surface area contributed by atoms with Gasteiger partial charge in [0.1, 0.15) is 0 Å². The van der Waals surface area contributed by atoms with Crippen LogP contribution in [-0.2, 0) is 11.8 Å². The van der Waals surface area contributed by atoms with Gasteiger partial charge in [-0.1, -0.05) is 202 Å². The molecule has 0 aromatic heterocycles. The first-order chi connectivity index (χ1) is 28.8. The van der Waals surface area contributed by atoms with Crippen LogP contribution in [0.2, 0.25) is 0 Å². The molecule has 2 atom stereocenters. The van der Waals surface area contributed by atoms with Gasteiger partial charge >= 0.3 is 0 Å². The van der Waals surface area contributed by atoms with Crippen molar-refractivity contribution in [2.24, 2.45) is 11.7 Å². The van der Waals surface area contributed by atoms with Crippen molar-refractivity contribution in [2.75, 3.05) is 4.90 Å². The molecule has 2 unspecified atom stereocenters. The van der Waals surface area contributed by atoms with Crippen molar-refractivity contribution in [3.8, 4) is 11.1 Å². The molecule has 0 spiro atoms. The van der Waals surface area contributed by atoms with Crippen LogP contribution in [0.5, 0.6) is 0 Å². The molecule has 0 saturated carbocycles. The number of fused-ring (bicyclic) bond motifs is 9. The van der Waals surface area contributed by atoms with Gasteiger partial charge in [0.05, 0.1) is 0 Å². The molecular weight excluding hydrogens is 713 g/mol. The van der Waals surface area contributed by atoms with Gasteiger partial charge in [0.15, 0.2) is 0 Å². The van der Waals surface area contributed by atoms with Crippen LogP contribution in [-0.4, -0.2) is 0 Å². The van der Waals surface area contributed by atoms with Crippen molar-refractivity contribution in [1.29, 1.82) is 0 Å². The molecular formula is C57H50N2. The quantitative estimate of drug-likeness (QED) is 0.177. The molecule has 2 nitrogen and oxygen atoms in total. The summed E-state index contributed by atoms with van der Waals surface area (Å²) in [7, 11) is 0. The van der Waals surface area contributed by atoms with E-state index in [9.17, 15) is 0 Å². The highest BCUT2D eigenvalue weighted by molar-refractivity contribution is 6.12. The SMILES string of the molecule is C=C1/C=C\C=C/N(c2ccc(/C(N)=C/Cc3ccc(-c4ccccc4)cc3)cc2)C2=C1C=CC1c3c(c4ccccc4c4ccccc34)C(C)(C)C21.Cc1ccccc1. The van der Waals surface area contributed by atoms with E-state index in [4.69, 9.17) is 5.73 Å². The second kappa shape index (κ2) is 15.8. The standard InChI is InChI=1S/C50H42N2.C7H8/c1-33-13-11-12-32-52(38-27-25-37(26-28-38)45(51)31-22-34-20-23-36(24-21-34)35-14-5-4-6-15-35)49-39(33)29-30-44-46-42-18-9-7-16-40(42)41-17-8-10-19-43(41)47(46)50(2,3)48(44)49;1-7-5-3-2-4-6-7/h4-21,23-32,44,48H,1,22,51H2,2-3H3;2-6H,1H3/b13-11-,32-12-,45-31-;. The fourth-order valence-corrected chi connectivity index (χ4v) is 9.56. The Morgan fingerprint density at radius 3 is 1.92 bits per heavy atom. The number of rotatable bonds is 5. The van der Waals surface area contributed by atoms with E-state index in [-0.39, 0.29) is 17.3 Å². The van der Waals surface area contributed by atoms with Gasteiger partial charge in [-0.15, -0.1) is 0 Å². The summed E-state index contributed by atoms with van der Waals surface area (Å²) in [4.78, 5) is 2.40. The van der Waals surface area contributed by atoms with Crippen molar-refractivity contribution in [3.63, 3.8) is 0 Å². The van der Waals surface area contributed by atoms with Crippen molar-refractivity contribution in [1.82, 2.24) is 0 Å². The zero-order valence-electron chi connectivity index (χ0n) is 34.1. The van der Waals surface area contributed by atoms with Gasteiger partial charge in [-0.05, 0) is 97.5 Å². The Morgan fingerprint density at radius 2 is 1.25 bits per heavy atom. The third-order valence-electron chi connectivity index (χ3n) is 12.4. The lowest BCUT2D eigenvalue weighted by Crippen LogP contribution is -2.36. The van der Waals surface area contributed by atoms with E-state index in [0.29, 0.717) is 0 Å². The molecule has 0 saturated heterocycles. The van der Waals surface area contributed by atoms with E-state index >= 15 is 0 Å². The molecule has 0 radical (unpaired) electrons. The molecule has 1 aliphatic heterocycles. The van der Waals surface area contributed by atoms with Crippen LogP contribution in [0.4, 0.5) is 5.69 Å². The Morgan fingerprint density at radius 1 is 0.661 bits per heavy atom. The van der Waals surface area contributed by atoms with E-state index in [1.54, 1.807) is 0 Å². The molecule has 7 aromatic carbocycles. The topological polar surface area (TPSA) is 29.3 Å². The van der Waals surface area contributed by atoms with Crippen molar-refractivity contribution < 1.29 is 0 Å². The van der Waals surface area contributed by atoms with Crippen LogP contribution < -0.4 is 10.6 Å². The van der Waals surface area contributed by atoms with Gasteiger partial charge in [-0.25, -0.2) is 0 Å². The summed E-state index contributed by atoms with van der Waals surface area (Å²) in [6.07, 6.45) is 16.3. The van der Waals surface area contributed by atoms with E-state index in [2.05, 4.69) is 208 Å². The number of benzene rings is 7. The number of hydrogen-bond acceptors (Lipinski definition) is 2. The van der Waals surface area contributed by atoms with Crippen LogP contribution in [0.3, 0.4) is 0 Å². The molecule has 1 heterocycles. The molecule has 2 heteroatoms. The maximum Gasteiger partial charge on any atom is 0.0453 e. The van der Waals surface area contributed by atoms with E-state index in [0.717, 1.165) is 28.9 Å². The highest BCUT2D eigenvalue weighted by Gasteiger charge is 2.51. The van der Waals surface area contributed by atoms with Crippen LogP contribution in [0.1, 0.15) is 47.6 Å². The largest absolute Gasteiger partial charge is 0.398 e. The highest BCUT2D eigenvalue weighted by Crippen LogP contribution is 2.61. The third kappa shape index (κ3) is 7.06. The molecule has 59 heavy (non-hydrogen) atoms. The number of nitrogens with two attached hydrogens (primary N) is 1. The van der Waals surface area contributed by atoms with Gasteiger partial charge < -0.3 is 10.6 Å². The van der Waals surface area contributed by atoms with Crippen molar-refractivity contribution in [2.45, 2.75) is 38.5 Å². The first kappa shape index (κ1) is 37.7. The normalized spacial score (nSPS) is 18.9. The number of hydrogen-bond donors (Lipinski definition) is 1. The lowest BCUT2D eigenvalue weighted by atomic mass is 9.69. The zero-order chi connectivity index (χ0) is 40.5. The second-order valence-electron chi connectivity index (χ2n) is 16.5. The summed E-state index contributed by atoms with van der Waals surface area (Å²) in [5.41, 5.74) is 20.9. The summed E-state index contributed by atoms with van der Waals surface area (Å²) >= 11 is 0. The van der Waals surface area contributed by atoms with Gasteiger partial charge in [0.2, 0.25) is 0 Å². The molecule has 2 aliphatic carbocycles. The highest BCUT2D eigenvalue weighted by atomic mass is 15.1. The summed E-state index contributed by atoms with van der Waals surface area (Å²) in [6, 6.07) is 56.2. The van der Waals surface area contributed by atoms with Crippen LogP contribution in [0, 0.1) is 12.8 Å². The first-order valence-electron chi connectivity index (χ1n) is 20.7. The minimum atomic E-state index is -0.156. The Kier molecular flexibility index (Phi) is 10.1. The summed E-state index contributed by atoms with van der Waals surface area (Å²) in [6.45, 7) is 11.5. The average molecular weight is 763 g/mol. The monoisotopic (exact) mass is 762 g/mol. The minimum absolute atomic E-state index is 0.156. The number of allylic oxidation sites excluding steroid dienone is 9. The molecule has 10 rings (SSSR count). The summed E-state index contributed by atoms with van der Waals surface area (Å²) < 4.78 is 0. The van der Waals surface area contributed by atoms with Gasteiger partial charge in [-0.3, -0.25) is 0 Å². The van der Waals surface area contributed by atoms with Crippen LogP contribution >= 0.6 is 0 Å². The fourth-order valence-electron chi connectivity index (χ4n) is 9.56. The van der Waals surface area contributed by atoms with E-state index in [1.165, 1.54) is 66.2 Å². The fraction of sp³-hybridized carbons (Fsp3) is 0.123. The summed E-state index contributed by atoms with van der Waals surface area (Å²) in [5.74, 6) is 0.424. The van der Waals surface area contributed by atoms with Gasteiger partial charge in [0.25, 0.3) is 0 Å². The van der Waals surface area contributed by atoms with Crippen molar-refractivity contribution in [3.05, 3.63) is 252 Å². The Labute approximate surface area is 349 Å². The molecule has 7 aromatic rings. The predicted octanol–water partition coefficient (Wildman–Crippen LogP) is 14.2. The van der Waals surface area contributed by atoms with Crippen LogP contribution in [0.25, 0.3) is 38.4 Å². The molecule has 0 bridgehead atoms. The number of anilines is 1. The van der Waals surface area contributed by atoms with Crippen molar-refractivity contribution >= 4 is 32.9 Å². The first-order valence-corrected chi connectivity index (χ1v) is 20.7. The predicted molar refractivity (Wildman–Crippen MR) is 252 cm³/mol. The molecule has 288 valence electrons. The zero-order valence-corrected chi connectivity index (χ0v) is 34.1. The lowest BCUT2D eigenvalue weighted by Gasteiger charge is -2.41. The molecule has 0 fully saturated rings. The lowest BCUT2D eigenvalue weighted by molar-refractivity contribution is 0.370. The molecule has 2 N–H and O–H groups in total. The Bertz CT molecular complexity index is 2830. The van der Waals surface area contributed by atoms with Gasteiger partial charge in [0, 0.05) is 40.7 Å². The second-order valence-corrected chi connectivity index (χ2v) is 16.5. The molecule has 0 amide bonds. The number of nitrogens with zero attached hydrogens (tertiary/aromatic N) is 1.